The van der Waals surface area contributed by atoms with Crippen LogP contribution in [0.5, 0.6) is 0 Å². The number of thioether (sulfide) groups is 1. The molecule has 2 nitrogen and oxygen atoms in total. The van der Waals surface area contributed by atoms with Gasteiger partial charge in [0.15, 0.2) is 0 Å². The van der Waals surface area contributed by atoms with Crippen molar-refractivity contribution in [1.82, 2.24) is 5.32 Å². The van der Waals surface area contributed by atoms with Gasteiger partial charge in [-0.1, -0.05) is 20.8 Å². The van der Waals surface area contributed by atoms with Crippen molar-refractivity contribution >= 4 is 11.8 Å². The highest BCUT2D eigenvalue weighted by Crippen LogP contribution is 2.11. The van der Waals surface area contributed by atoms with Gasteiger partial charge in [0.25, 0.3) is 0 Å². The highest BCUT2D eigenvalue weighted by Gasteiger charge is 2.00. The molecule has 0 bridgehead atoms. The van der Waals surface area contributed by atoms with Gasteiger partial charge in [0, 0.05) is 23.6 Å². The number of rotatable bonds is 7. The summed E-state index contributed by atoms with van der Waals surface area (Å²) in [6, 6.07) is 0.607. The Morgan fingerprint density at radius 2 is 2.00 bits per heavy atom. The smallest absolute Gasteiger partial charge is 0.00608 e. The number of hydrogen-bond donors (Lipinski definition) is 2. The van der Waals surface area contributed by atoms with Crippen LogP contribution in [-0.2, 0) is 0 Å². The standard InChI is InChI=1S/C9H22N2S/c1-8(2)11-6-7-12-9(3)4-5-10/h8-9,11H,4-7,10H2,1-3H3. The molecular formula is C9H22N2S. The third-order valence-corrected chi connectivity index (χ3v) is 2.87. The first kappa shape index (κ1) is 12.3. The molecule has 0 aliphatic heterocycles. The molecule has 0 rings (SSSR count). The maximum Gasteiger partial charge on any atom is 0.00608 e. The Balaban J connectivity index is 3.08. The first-order valence-electron chi connectivity index (χ1n) is 4.72. The van der Waals surface area contributed by atoms with E-state index >= 15 is 0 Å². The molecule has 0 heterocycles. The minimum absolute atomic E-state index is 0.607. The molecule has 0 saturated heterocycles. The summed E-state index contributed by atoms with van der Waals surface area (Å²) >= 11 is 2.00. The van der Waals surface area contributed by atoms with Crippen molar-refractivity contribution in [3.8, 4) is 0 Å². The van der Waals surface area contributed by atoms with Crippen molar-refractivity contribution in [1.29, 1.82) is 0 Å². The monoisotopic (exact) mass is 190 g/mol. The molecule has 0 aliphatic carbocycles. The van der Waals surface area contributed by atoms with Crippen LogP contribution in [0.25, 0.3) is 0 Å². The Kier molecular flexibility index (Phi) is 8.07. The SMILES string of the molecule is CC(C)NCCSC(C)CCN. The molecule has 1 atom stereocenters. The van der Waals surface area contributed by atoms with Crippen LogP contribution in [-0.4, -0.2) is 30.1 Å². The van der Waals surface area contributed by atoms with Crippen LogP contribution in [0.4, 0.5) is 0 Å². The molecule has 0 saturated carbocycles. The van der Waals surface area contributed by atoms with Crippen LogP contribution in [0.3, 0.4) is 0 Å². The van der Waals surface area contributed by atoms with Gasteiger partial charge in [-0.3, -0.25) is 0 Å². The van der Waals surface area contributed by atoms with Gasteiger partial charge in [-0.2, -0.15) is 11.8 Å². The Morgan fingerprint density at radius 1 is 1.33 bits per heavy atom. The van der Waals surface area contributed by atoms with Crippen molar-refractivity contribution in [3.63, 3.8) is 0 Å². The summed E-state index contributed by atoms with van der Waals surface area (Å²) in [5, 5.41) is 4.10. The van der Waals surface area contributed by atoms with E-state index in [0.717, 1.165) is 19.5 Å². The predicted octanol–water partition coefficient (Wildman–Crippen LogP) is 1.45. The van der Waals surface area contributed by atoms with E-state index in [0.29, 0.717) is 11.3 Å². The van der Waals surface area contributed by atoms with Crippen LogP contribution in [0, 0.1) is 0 Å². The Bertz CT molecular complexity index is 96.5. The minimum Gasteiger partial charge on any atom is -0.330 e. The van der Waals surface area contributed by atoms with Crippen LogP contribution in [0.15, 0.2) is 0 Å². The molecule has 0 aromatic heterocycles. The summed E-state index contributed by atoms with van der Waals surface area (Å²) in [6.07, 6.45) is 1.13. The zero-order valence-electron chi connectivity index (χ0n) is 8.47. The Labute approximate surface area is 80.7 Å². The highest BCUT2D eigenvalue weighted by molar-refractivity contribution is 7.99. The molecule has 0 radical (unpaired) electrons. The molecule has 3 N–H and O–H groups in total. The summed E-state index contributed by atoms with van der Waals surface area (Å²) in [4.78, 5) is 0. The highest BCUT2D eigenvalue weighted by atomic mass is 32.2. The van der Waals surface area contributed by atoms with Gasteiger partial charge >= 0.3 is 0 Å². The van der Waals surface area contributed by atoms with Crippen molar-refractivity contribution in [2.45, 2.75) is 38.5 Å². The molecule has 0 aromatic rings. The number of nitrogens with one attached hydrogen (secondary N) is 1. The van der Waals surface area contributed by atoms with E-state index in [-0.39, 0.29) is 0 Å². The van der Waals surface area contributed by atoms with Gasteiger partial charge in [-0.05, 0) is 13.0 Å². The van der Waals surface area contributed by atoms with E-state index in [1.165, 1.54) is 5.75 Å². The van der Waals surface area contributed by atoms with Crippen molar-refractivity contribution < 1.29 is 0 Å². The van der Waals surface area contributed by atoms with Crippen LogP contribution < -0.4 is 11.1 Å². The van der Waals surface area contributed by atoms with E-state index in [9.17, 15) is 0 Å². The largest absolute Gasteiger partial charge is 0.330 e. The van der Waals surface area contributed by atoms with E-state index in [2.05, 4.69) is 26.1 Å². The third kappa shape index (κ3) is 8.37. The molecule has 0 spiro atoms. The van der Waals surface area contributed by atoms with Gasteiger partial charge in [-0.15, -0.1) is 0 Å². The van der Waals surface area contributed by atoms with Gasteiger partial charge < -0.3 is 11.1 Å². The second-order valence-corrected chi connectivity index (χ2v) is 4.91. The summed E-state index contributed by atoms with van der Waals surface area (Å²) in [5.41, 5.74) is 5.45. The minimum atomic E-state index is 0.607. The second-order valence-electron chi connectivity index (χ2n) is 3.37. The second kappa shape index (κ2) is 7.90. The fraction of sp³-hybridized carbons (Fsp3) is 1.00. The maximum absolute atomic E-state index is 5.45. The fourth-order valence-corrected chi connectivity index (χ4v) is 1.87. The van der Waals surface area contributed by atoms with Crippen LogP contribution in [0.1, 0.15) is 27.2 Å². The zero-order chi connectivity index (χ0) is 9.40. The Morgan fingerprint density at radius 3 is 2.50 bits per heavy atom. The zero-order valence-corrected chi connectivity index (χ0v) is 9.29. The molecular weight excluding hydrogens is 168 g/mol. The average molecular weight is 190 g/mol. The first-order chi connectivity index (χ1) is 5.66. The topological polar surface area (TPSA) is 38.0 Å². The van der Waals surface area contributed by atoms with Crippen molar-refractivity contribution in [2.75, 3.05) is 18.8 Å². The lowest BCUT2D eigenvalue weighted by molar-refractivity contribution is 0.615. The van der Waals surface area contributed by atoms with Gasteiger partial charge in [0.1, 0.15) is 0 Å². The molecule has 0 amide bonds. The van der Waals surface area contributed by atoms with Gasteiger partial charge in [0.2, 0.25) is 0 Å². The summed E-state index contributed by atoms with van der Waals surface area (Å²) in [7, 11) is 0. The molecule has 74 valence electrons. The predicted molar refractivity (Wildman–Crippen MR) is 58.7 cm³/mol. The quantitative estimate of drug-likeness (QED) is 0.597. The Hall–Kier alpha value is 0.270. The van der Waals surface area contributed by atoms with E-state index < -0.39 is 0 Å². The molecule has 0 fully saturated rings. The third-order valence-electron chi connectivity index (χ3n) is 1.63. The summed E-state index contributed by atoms with van der Waals surface area (Å²) in [6.45, 7) is 8.51. The van der Waals surface area contributed by atoms with E-state index in [1.807, 2.05) is 11.8 Å². The molecule has 0 aromatic carbocycles. The molecule has 3 heteroatoms. The average Bonchev–Trinajstić information content (AvgIpc) is 1.98. The maximum atomic E-state index is 5.45. The fourth-order valence-electron chi connectivity index (χ4n) is 0.926. The van der Waals surface area contributed by atoms with E-state index in [4.69, 9.17) is 5.73 Å². The first-order valence-corrected chi connectivity index (χ1v) is 5.76. The summed E-state index contributed by atoms with van der Waals surface area (Å²) in [5.74, 6) is 1.19. The lowest BCUT2D eigenvalue weighted by atomic mass is 10.3. The summed E-state index contributed by atoms with van der Waals surface area (Å²) < 4.78 is 0. The van der Waals surface area contributed by atoms with Crippen LogP contribution >= 0.6 is 11.8 Å². The molecule has 0 aliphatic rings. The van der Waals surface area contributed by atoms with Gasteiger partial charge in [-0.25, -0.2) is 0 Å². The normalized spacial score (nSPS) is 13.8. The van der Waals surface area contributed by atoms with Crippen molar-refractivity contribution in [2.24, 2.45) is 5.73 Å². The lowest BCUT2D eigenvalue weighted by Crippen LogP contribution is -2.25. The lowest BCUT2D eigenvalue weighted by Gasteiger charge is -2.11. The van der Waals surface area contributed by atoms with Crippen LogP contribution in [0.2, 0.25) is 0 Å². The van der Waals surface area contributed by atoms with Crippen molar-refractivity contribution in [3.05, 3.63) is 0 Å². The molecule has 12 heavy (non-hydrogen) atoms. The molecule has 1 unspecified atom stereocenters. The number of hydrogen-bond acceptors (Lipinski definition) is 3. The van der Waals surface area contributed by atoms with E-state index in [1.54, 1.807) is 0 Å². The van der Waals surface area contributed by atoms with Gasteiger partial charge in [0.05, 0.1) is 0 Å². The number of nitrogens with two attached hydrogens (primary N) is 1.